The van der Waals surface area contributed by atoms with E-state index < -0.39 is 17.7 Å². The van der Waals surface area contributed by atoms with Gasteiger partial charge in [0.15, 0.2) is 0 Å². The Balaban J connectivity index is 1.86. The van der Waals surface area contributed by atoms with E-state index in [4.69, 9.17) is 0 Å². The first-order valence-corrected chi connectivity index (χ1v) is 8.69. The van der Waals surface area contributed by atoms with E-state index in [0.717, 1.165) is 18.4 Å². The predicted octanol–water partition coefficient (Wildman–Crippen LogP) is 2.30. The summed E-state index contributed by atoms with van der Waals surface area (Å²) >= 11 is 0. The number of carbonyl (C=O) groups excluding carboxylic acids is 3. The van der Waals surface area contributed by atoms with Crippen molar-refractivity contribution >= 4 is 18.1 Å². The van der Waals surface area contributed by atoms with E-state index in [-0.39, 0.29) is 0 Å². The Morgan fingerprint density at radius 1 is 1.21 bits per heavy atom. The first kappa shape index (κ1) is 18.2. The van der Waals surface area contributed by atoms with Crippen LogP contribution in [0.5, 0.6) is 0 Å². The summed E-state index contributed by atoms with van der Waals surface area (Å²) in [7, 11) is 0. The molecule has 1 aromatic carbocycles. The van der Waals surface area contributed by atoms with Gasteiger partial charge in [0.25, 0.3) is 5.91 Å². The van der Waals surface area contributed by atoms with Crippen molar-refractivity contribution in [2.45, 2.75) is 51.6 Å². The highest BCUT2D eigenvalue weighted by Gasteiger charge is 2.26. The average molecular weight is 330 g/mol. The standard InChI is InChI=1S/C19H26N2O3/c1-15(21(14-22)13-17-10-6-3-7-11-17)18(23)19(24)20-12-16-8-4-2-5-9-16/h3,6-7,10-11,14-16H,2,4-5,8-9,12-13H2,1H3,(H,20,24)/t15-/m0/s1. The van der Waals surface area contributed by atoms with Crippen molar-refractivity contribution in [1.82, 2.24) is 10.2 Å². The largest absolute Gasteiger partial charge is 0.349 e. The summed E-state index contributed by atoms with van der Waals surface area (Å²) in [6.07, 6.45) is 6.50. The molecule has 2 rings (SSSR count). The first-order chi connectivity index (χ1) is 11.6. The van der Waals surface area contributed by atoms with E-state index >= 15 is 0 Å². The molecule has 0 spiro atoms. The lowest BCUT2D eigenvalue weighted by Gasteiger charge is -2.25. The molecule has 0 aliphatic heterocycles. The summed E-state index contributed by atoms with van der Waals surface area (Å²) < 4.78 is 0. The molecule has 1 aliphatic rings. The quantitative estimate of drug-likeness (QED) is 0.587. The van der Waals surface area contributed by atoms with Crippen LogP contribution in [0.25, 0.3) is 0 Å². The number of Topliss-reactive ketones (excluding diaryl/α,β-unsaturated/α-hetero) is 1. The minimum absolute atomic E-state index is 0.313. The van der Waals surface area contributed by atoms with Crippen LogP contribution in [-0.4, -0.2) is 35.6 Å². The number of nitrogens with one attached hydrogen (secondary N) is 1. The highest BCUT2D eigenvalue weighted by molar-refractivity contribution is 6.38. The summed E-state index contributed by atoms with van der Waals surface area (Å²) in [5, 5.41) is 2.74. The fraction of sp³-hybridized carbons (Fsp3) is 0.526. The number of ketones is 1. The SMILES string of the molecule is C[C@@H](C(=O)C(=O)NCC1CCCCC1)N(C=O)Cc1ccccc1. The number of carbonyl (C=O) groups is 3. The Morgan fingerprint density at radius 2 is 1.88 bits per heavy atom. The molecule has 0 radical (unpaired) electrons. The van der Waals surface area contributed by atoms with Crippen LogP contribution in [0.15, 0.2) is 30.3 Å². The minimum Gasteiger partial charge on any atom is -0.349 e. The third-order valence-electron chi connectivity index (χ3n) is 4.72. The van der Waals surface area contributed by atoms with Crippen LogP contribution in [0.3, 0.4) is 0 Å². The van der Waals surface area contributed by atoms with Gasteiger partial charge >= 0.3 is 0 Å². The molecule has 130 valence electrons. The van der Waals surface area contributed by atoms with Gasteiger partial charge in [-0.15, -0.1) is 0 Å². The zero-order valence-corrected chi connectivity index (χ0v) is 14.2. The molecule has 2 amide bonds. The number of rotatable bonds is 8. The van der Waals surface area contributed by atoms with Gasteiger partial charge in [-0.05, 0) is 31.2 Å². The van der Waals surface area contributed by atoms with Crippen molar-refractivity contribution in [3.05, 3.63) is 35.9 Å². The van der Waals surface area contributed by atoms with Gasteiger partial charge in [0, 0.05) is 13.1 Å². The number of nitrogens with zero attached hydrogens (tertiary/aromatic N) is 1. The maximum absolute atomic E-state index is 12.3. The molecule has 1 aromatic rings. The minimum atomic E-state index is -0.769. The Hall–Kier alpha value is -2.17. The maximum Gasteiger partial charge on any atom is 0.289 e. The van der Waals surface area contributed by atoms with Crippen LogP contribution < -0.4 is 5.32 Å². The first-order valence-electron chi connectivity index (χ1n) is 8.69. The van der Waals surface area contributed by atoms with Gasteiger partial charge < -0.3 is 10.2 Å². The second kappa shape index (κ2) is 9.21. The molecule has 0 unspecified atom stereocenters. The Morgan fingerprint density at radius 3 is 2.50 bits per heavy atom. The van der Waals surface area contributed by atoms with Crippen LogP contribution in [0, 0.1) is 5.92 Å². The third-order valence-corrected chi connectivity index (χ3v) is 4.72. The van der Waals surface area contributed by atoms with Crippen LogP contribution in [-0.2, 0) is 20.9 Å². The molecule has 5 heteroatoms. The molecule has 0 aromatic heterocycles. The van der Waals surface area contributed by atoms with Crippen molar-refractivity contribution in [2.75, 3.05) is 6.54 Å². The topological polar surface area (TPSA) is 66.5 Å². The lowest BCUT2D eigenvalue weighted by atomic mass is 9.89. The number of benzene rings is 1. The van der Waals surface area contributed by atoms with Gasteiger partial charge in [-0.25, -0.2) is 0 Å². The number of hydrogen-bond acceptors (Lipinski definition) is 3. The summed E-state index contributed by atoms with van der Waals surface area (Å²) in [6.45, 7) is 2.46. The number of hydrogen-bond donors (Lipinski definition) is 1. The molecule has 1 saturated carbocycles. The fourth-order valence-corrected chi connectivity index (χ4v) is 3.12. The average Bonchev–Trinajstić information content (AvgIpc) is 2.64. The Kier molecular flexibility index (Phi) is 6.97. The van der Waals surface area contributed by atoms with Gasteiger partial charge in [0.05, 0.1) is 6.04 Å². The van der Waals surface area contributed by atoms with Crippen LogP contribution in [0.2, 0.25) is 0 Å². The molecule has 0 heterocycles. The molecule has 24 heavy (non-hydrogen) atoms. The molecular weight excluding hydrogens is 304 g/mol. The van der Waals surface area contributed by atoms with Crippen molar-refractivity contribution in [1.29, 1.82) is 0 Å². The highest BCUT2D eigenvalue weighted by atomic mass is 16.2. The summed E-state index contributed by atoms with van der Waals surface area (Å²) in [5.74, 6) is -0.681. The van der Waals surface area contributed by atoms with Crippen LogP contribution in [0.1, 0.15) is 44.6 Å². The summed E-state index contributed by atoms with van der Waals surface area (Å²) in [4.78, 5) is 37.1. The van der Waals surface area contributed by atoms with E-state index in [1.54, 1.807) is 6.92 Å². The number of amides is 2. The monoisotopic (exact) mass is 330 g/mol. The lowest BCUT2D eigenvalue weighted by molar-refractivity contribution is -0.142. The van der Waals surface area contributed by atoms with Gasteiger partial charge in [-0.3, -0.25) is 14.4 Å². The third kappa shape index (κ3) is 5.18. The lowest BCUT2D eigenvalue weighted by Crippen LogP contribution is -2.46. The van der Waals surface area contributed by atoms with Crippen LogP contribution in [0.4, 0.5) is 0 Å². The van der Waals surface area contributed by atoms with E-state index in [1.165, 1.54) is 24.2 Å². The molecule has 0 bridgehead atoms. The molecule has 0 saturated heterocycles. The van der Waals surface area contributed by atoms with Crippen molar-refractivity contribution in [3.63, 3.8) is 0 Å². The molecule has 1 atom stereocenters. The smallest absolute Gasteiger partial charge is 0.289 e. The maximum atomic E-state index is 12.3. The van der Waals surface area contributed by atoms with Crippen molar-refractivity contribution in [2.24, 2.45) is 5.92 Å². The molecule has 5 nitrogen and oxygen atoms in total. The zero-order chi connectivity index (χ0) is 17.4. The predicted molar refractivity (Wildman–Crippen MR) is 92.1 cm³/mol. The highest BCUT2D eigenvalue weighted by Crippen LogP contribution is 2.22. The zero-order valence-electron chi connectivity index (χ0n) is 14.2. The Labute approximate surface area is 143 Å². The van der Waals surface area contributed by atoms with E-state index in [0.29, 0.717) is 25.4 Å². The second-order valence-corrected chi connectivity index (χ2v) is 6.52. The van der Waals surface area contributed by atoms with Gasteiger partial charge in [-0.2, -0.15) is 0 Å². The normalized spacial score (nSPS) is 16.2. The van der Waals surface area contributed by atoms with Crippen molar-refractivity contribution in [3.8, 4) is 0 Å². The van der Waals surface area contributed by atoms with Gasteiger partial charge in [-0.1, -0.05) is 49.6 Å². The van der Waals surface area contributed by atoms with Crippen LogP contribution >= 0.6 is 0 Å². The van der Waals surface area contributed by atoms with Crippen molar-refractivity contribution < 1.29 is 14.4 Å². The van der Waals surface area contributed by atoms with E-state index in [9.17, 15) is 14.4 Å². The van der Waals surface area contributed by atoms with Gasteiger partial charge in [0.1, 0.15) is 0 Å². The fourth-order valence-electron chi connectivity index (χ4n) is 3.12. The van der Waals surface area contributed by atoms with E-state index in [2.05, 4.69) is 5.32 Å². The second-order valence-electron chi connectivity index (χ2n) is 6.52. The van der Waals surface area contributed by atoms with Gasteiger partial charge in [0.2, 0.25) is 12.2 Å². The summed E-state index contributed by atoms with van der Waals surface area (Å²) in [5.41, 5.74) is 0.923. The molecular formula is C19H26N2O3. The molecule has 1 fully saturated rings. The molecule has 1 N–H and O–H groups in total. The summed E-state index contributed by atoms with van der Waals surface area (Å²) in [6, 6.07) is 8.65. The molecule has 1 aliphatic carbocycles. The van der Waals surface area contributed by atoms with E-state index in [1.807, 2.05) is 30.3 Å². The Bertz CT molecular complexity index is 553.